The fourth-order valence-electron chi connectivity index (χ4n) is 2.83. The van der Waals surface area contributed by atoms with E-state index in [0.717, 1.165) is 12.0 Å². The number of hydrogen-bond donors (Lipinski definition) is 1. The molecule has 1 aromatic heterocycles. The molecule has 1 amide bonds. The van der Waals surface area contributed by atoms with E-state index in [9.17, 15) is 9.59 Å². The van der Waals surface area contributed by atoms with Crippen molar-refractivity contribution in [3.63, 3.8) is 0 Å². The number of aryl methyl sites for hydroxylation is 1. The zero-order chi connectivity index (χ0) is 15.8. The molecule has 1 aliphatic carbocycles. The average Bonchev–Trinajstić information content (AvgIpc) is 3.19. The molecule has 1 aromatic carbocycles. The minimum absolute atomic E-state index is 0.0461. The maximum Gasteiger partial charge on any atom is 0.287 e. The number of carbonyl (C=O) groups is 2. The smallest absolute Gasteiger partial charge is 0.287 e. The van der Waals surface area contributed by atoms with Gasteiger partial charge >= 0.3 is 0 Å². The number of amides is 1. The number of hydrogen-bond acceptors (Lipinski definition) is 5. The highest BCUT2D eigenvalue weighted by Crippen LogP contribution is 2.32. The van der Waals surface area contributed by atoms with Gasteiger partial charge < -0.3 is 19.2 Å². The molecule has 2 aromatic rings. The molecule has 0 saturated carbocycles. The van der Waals surface area contributed by atoms with E-state index in [4.69, 9.17) is 13.9 Å². The van der Waals surface area contributed by atoms with Crippen LogP contribution in [0.3, 0.4) is 0 Å². The number of furan rings is 1. The summed E-state index contributed by atoms with van der Waals surface area (Å²) in [5.74, 6) is 1.91. The van der Waals surface area contributed by atoms with Crippen LogP contribution in [0.15, 0.2) is 28.7 Å². The highest BCUT2D eigenvalue weighted by molar-refractivity contribution is 6.01. The van der Waals surface area contributed by atoms with Gasteiger partial charge in [-0.2, -0.15) is 0 Å². The van der Waals surface area contributed by atoms with Crippen molar-refractivity contribution in [2.75, 3.05) is 6.79 Å². The van der Waals surface area contributed by atoms with E-state index in [2.05, 4.69) is 5.32 Å². The van der Waals surface area contributed by atoms with Crippen LogP contribution in [-0.2, 0) is 13.0 Å². The van der Waals surface area contributed by atoms with E-state index in [1.165, 1.54) is 0 Å². The van der Waals surface area contributed by atoms with Crippen molar-refractivity contribution in [3.8, 4) is 11.5 Å². The Kier molecular flexibility index (Phi) is 3.29. The van der Waals surface area contributed by atoms with Crippen molar-refractivity contribution >= 4 is 11.7 Å². The Hall–Kier alpha value is -2.76. The third-order valence-corrected chi connectivity index (χ3v) is 4.03. The molecule has 0 spiro atoms. The van der Waals surface area contributed by atoms with Gasteiger partial charge in [-0.15, -0.1) is 0 Å². The summed E-state index contributed by atoms with van der Waals surface area (Å²) in [6.45, 7) is 0.561. The highest BCUT2D eigenvalue weighted by atomic mass is 16.7. The van der Waals surface area contributed by atoms with Crippen molar-refractivity contribution < 1.29 is 23.5 Å². The summed E-state index contributed by atoms with van der Waals surface area (Å²) in [4.78, 5) is 24.0. The Morgan fingerprint density at radius 2 is 2.00 bits per heavy atom. The first-order chi connectivity index (χ1) is 11.2. The Balaban J connectivity index is 1.45. The van der Waals surface area contributed by atoms with Crippen LogP contribution >= 0.6 is 0 Å². The lowest BCUT2D eigenvalue weighted by molar-refractivity contribution is 0.0917. The van der Waals surface area contributed by atoms with Gasteiger partial charge in [0.05, 0.1) is 5.56 Å². The van der Waals surface area contributed by atoms with Crippen molar-refractivity contribution in [2.45, 2.75) is 25.8 Å². The van der Waals surface area contributed by atoms with Crippen LogP contribution in [0.2, 0.25) is 0 Å². The van der Waals surface area contributed by atoms with E-state index in [0.29, 0.717) is 42.2 Å². The number of rotatable bonds is 3. The van der Waals surface area contributed by atoms with Gasteiger partial charge in [-0.25, -0.2) is 0 Å². The third-order valence-electron chi connectivity index (χ3n) is 4.03. The fourth-order valence-corrected chi connectivity index (χ4v) is 2.83. The van der Waals surface area contributed by atoms with Gasteiger partial charge in [0.15, 0.2) is 23.0 Å². The first-order valence-corrected chi connectivity index (χ1v) is 7.53. The van der Waals surface area contributed by atoms with Crippen LogP contribution in [0.4, 0.5) is 0 Å². The largest absolute Gasteiger partial charge is 0.455 e. The second kappa shape index (κ2) is 5.46. The van der Waals surface area contributed by atoms with Crippen LogP contribution in [0.1, 0.15) is 45.1 Å². The molecule has 0 unspecified atom stereocenters. The van der Waals surface area contributed by atoms with Gasteiger partial charge in [-0.05, 0) is 24.1 Å². The molecule has 0 radical (unpaired) electrons. The van der Waals surface area contributed by atoms with E-state index in [1.54, 1.807) is 6.07 Å². The van der Waals surface area contributed by atoms with Crippen LogP contribution in [0, 0.1) is 0 Å². The lowest BCUT2D eigenvalue weighted by Gasteiger charge is -2.06. The predicted molar refractivity (Wildman–Crippen MR) is 79.7 cm³/mol. The summed E-state index contributed by atoms with van der Waals surface area (Å²) in [6.07, 6.45) is 2.00. The molecule has 2 heterocycles. The number of benzene rings is 1. The highest BCUT2D eigenvalue weighted by Gasteiger charge is 2.24. The fraction of sp³-hybridized carbons (Fsp3) is 0.294. The molecule has 6 heteroatoms. The first-order valence-electron chi connectivity index (χ1n) is 7.53. The summed E-state index contributed by atoms with van der Waals surface area (Å²) in [7, 11) is 0. The van der Waals surface area contributed by atoms with E-state index >= 15 is 0 Å². The predicted octanol–water partition coefficient (Wildman–Crippen LogP) is 2.46. The summed E-state index contributed by atoms with van der Waals surface area (Å²) in [5.41, 5.74) is 1.44. The normalized spacial score (nSPS) is 15.4. The van der Waals surface area contributed by atoms with E-state index < -0.39 is 0 Å². The molecule has 6 nitrogen and oxygen atoms in total. The molecular formula is C17H15NO5. The Morgan fingerprint density at radius 3 is 2.87 bits per heavy atom. The molecule has 0 saturated heterocycles. The molecule has 4 rings (SSSR count). The number of ketones is 1. The van der Waals surface area contributed by atoms with Gasteiger partial charge in [-0.3, -0.25) is 9.59 Å². The van der Waals surface area contributed by atoms with Crippen LogP contribution in [0.5, 0.6) is 11.5 Å². The maximum absolute atomic E-state index is 12.2. The average molecular weight is 313 g/mol. The van der Waals surface area contributed by atoms with Gasteiger partial charge in [0.25, 0.3) is 5.91 Å². The van der Waals surface area contributed by atoms with Gasteiger partial charge in [0.2, 0.25) is 6.79 Å². The van der Waals surface area contributed by atoms with Crippen molar-refractivity contribution in [1.82, 2.24) is 5.32 Å². The topological polar surface area (TPSA) is 77.8 Å². The van der Waals surface area contributed by atoms with Crippen LogP contribution in [0.25, 0.3) is 0 Å². The van der Waals surface area contributed by atoms with E-state index in [-0.39, 0.29) is 24.2 Å². The summed E-state index contributed by atoms with van der Waals surface area (Å²) >= 11 is 0. The molecule has 0 atom stereocenters. The standard InChI is InChI=1S/C17H15NO5/c19-12-2-1-3-13-11(12)7-16(23-13)17(20)18-8-10-4-5-14-15(6-10)22-9-21-14/h4-7H,1-3,8-9H2,(H,18,20). The molecule has 2 aliphatic rings. The maximum atomic E-state index is 12.2. The summed E-state index contributed by atoms with van der Waals surface area (Å²) in [6, 6.07) is 7.06. The second-order valence-electron chi connectivity index (χ2n) is 5.59. The van der Waals surface area contributed by atoms with Gasteiger partial charge in [0.1, 0.15) is 5.76 Å². The monoisotopic (exact) mass is 313 g/mol. The minimum atomic E-state index is -0.329. The molecule has 23 heavy (non-hydrogen) atoms. The minimum Gasteiger partial charge on any atom is -0.455 e. The molecule has 0 bridgehead atoms. The van der Waals surface area contributed by atoms with Crippen molar-refractivity contribution in [3.05, 3.63) is 46.9 Å². The second-order valence-corrected chi connectivity index (χ2v) is 5.59. The number of nitrogens with one attached hydrogen (secondary N) is 1. The quantitative estimate of drug-likeness (QED) is 0.942. The van der Waals surface area contributed by atoms with Crippen molar-refractivity contribution in [1.29, 1.82) is 0 Å². The van der Waals surface area contributed by atoms with Gasteiger partial charge in [0, 0.05) is 25.5 Å². The number of fused-ring (bicyclic) bond motifs is 2. The molecule has 1 N–H and O–H groups in total. The molecular weight excluding hydrogens is 298 g/mol. The lowest BCUT2D eigenvalue weighted by Crippen LogP contribution is -2.22. The molecule has 118 valence electrons. The number of carbonyl (C=O) groups excluding carboxylic acids is 2. The lowest BCUT2D eigenvalue weighted by atomic mass is 9.97. The Labute approximate surface area is 132 Å². The number of ether oxygens (including phenoxy) is 2. The number of Topliss-reactive ketones (excluding diaryl/α,β-unsaturated/α-hetero) is 1. The van der Waals surface area contributed by atoms with E-state index in [1.807, 2.05) is 18.2 Å². The van der Waals surface area contributed by atoms with Crippen molar-refractivity contribution in [2.24, 2.45) is 0 Å². The Bertz CT molecular complexity index is 792. The molecule has 1 aliphatic heterocycles. The zero-order valence-electron chi connectivity index (χ0n) is 12.4. The van der Waals surface area contributed by atoms with Crippen LogP contribution in [-0.4, -0.2) is 18.5 Å². The summed E-state index contributed by atoms with van der Waals surface area (Å²) < 4.78 is 16.1. The molecule has 0 fully saturated rings. The zero-order valence-corrected chi connectivity index (χ0v) is 12.4. The Morgan fingerprint density at radius 1 is 1.13 bits per heavy atom. The van der Waals surface area contributed by atoms with Crippen LogP contribution < -0.4 is 14.8 Å². The van der Waals surface area contributed by atoms with Gasteiger partial charge in [-0.1, -0.05) is 6.07 Å². The summed E-state index contributed by atoms with van der Waals surface area (Å²) in [5, 5.41) is 2.79. The third kappa shape index (κ3) is 2.56. The SMILES string of the molecule is O=C(NCc1ccc2c(c1)OCO2)c1cc2c(o1)CCCC2=O. The first kappa shape index (κ1) is 13.9.